The molecule has 5 heteroatoms. The Balaban J connectivity index is 1.57. The molecule has 20 heavy (non-hydrogen) atoms. The third kappa shape index (κ3) is 4.96. The van der Waals surface area contributed by atoms with Crippen molar-refractivity contribution in [3.8, 4) is 5.75 Å². The Hall–Kier alpha value is -1.36. The molecule has 1 heterocycles. The molecular weight excluding hydrogens is 272 g/mol. The molecule has 0 bridgehead atoms. The first-order chi connectivity index (χ1) is 9.75. The minimum atomic E-state index is 0.0561. The van der Waals surface area contributed by atoms with E-state index in [-0.39, 0.29) is 6.03 Å². The van der Waals surface area contributed by atoms with Gasteiger partial charge in [-0.25, -0.2) is 4.79 Å². The number of carbonyl (C=O) groups is 1. The summed E-state index contributed by atoms with van der Waals surface area (Å²) in [5.41, 5.74) is 1.23. The molecule has 1 saturated heterocycles. The largest absolute Gasteiger partial charge is 0.494 e. The van der Waals surface area contributed by atoms with Crippen LogP contribution in [-0.2, 0) is 0 Å². The van der Waals surface area contributed by atoms with Crippen molar-refractivity contribution in [3.05, 3.63) is 29.8 Å². The van der Waals surface area contributed by atoms with Crippen molar-refractivity contribution >= 4 is 17.8 Å². The Morgan fingerprint density at radius 1 is 1.30 bits per heavy atom. The molecule has 2 rings (SSSR count). The van der Waals surface area contributed by atoms with E-state index in [0.29, 0.717) is 13.2 Å². The number of ether oxygens (including phenoxy) is 1. The van der Waals surface area contributed by atoms with E-state index in [4.69, 9.17) is 4.74 Å². The van der Waals surface area contributed by atoms with E-state index in [2.05, 4.69) is 12.2 Å². The van der Waals surface area contributed by atoms with Crippen LogP contribution in [0.4, 0.5) is 4.79 Å². The average Bonchev–Trinajstić information content (AvgIpc) is 2.49. The van der Waals surface area contributed by atoms with Crippen molar-refractivity contribution in [1.82, 2.24) is 10.2 Å². The van der Waals surface area contributed by atoms with Crippen LogP contribution in [0.2, 0.25) is 0 Å². The van der Waals surface area contributed by atoms with Crippen LogP contribution < -0.4 is 10.1 Å². The second-order valence-electron chi connectivity index (χ2n) is 4.85. The molecule has 0 aliphatic carbocycles. The molecule has 1 aromatic rings. The number of aryl methyl sites for hydroxylation is 1. The Kier molecular flexibility index (Phi) is 6.05. The van der Waals surface area contributed by atoms with Gasteiger partial charge in [-0.3, -0.25) is 0 Å². The number of thioether (sulfide) groups is 1. The van der Waals surface area contributed by atoms with Crippen molar-refractivity contribution in [2.45, 2.75) is 13.3 Å². The summed E-state index contributed by atoms with van der Waals surface area (Å²) in [6.45, 7) is 5.05. The van der Waals surface area contributed by atoms with Crippen molar-refractivity contribution in [3.63, 3.8) is 0 Å². The van der Waals surface area contributed by atoms with Gasteiger partial charge in [0.1, 0.15) is 5.75 Å². The lowest BCUT2D eigenvalue weighted by Gasteiger charge is -2.26. The van der Waals surface area contributed by atoms with Crippen molar-refractivity contribution in [2.75, 3.05) is 37.7 Å². The fraction of sp³-hybridized carbons (Fsp3) is 0.533. The van der Waals surface area contributed by atoms with Crippen molar-refractivity contribution in [1.29, 1.82) is 0 Å². The van der Waals surface area contributed by atoms with E-state index < -0.39 is 0 Å². The molecule has 1 fully saturated rings. The van der Waals surface area contributed by atoms with Gasteiger partial charge in [-0.15, -0.1) is 0 Å². The highest BCUT2D eigenvalue weighted by Crippen LogP contribution is 2.11. The molecule has 1 N–H and O–H groups in total. The van der Waals surface area contributed by atoms with E-state index in [1.54, 1.807) is 0 Å². The smallest absolute Gasteiger partial charge is 0.317 e. The minimum Gasteiger partial charge on any atom is -0.494 e. The predicted molar refractivity (Wildman–Crippen MR) is 83.6 cm³/mol. The molecular formula is C15H22N2O2S. The minimum absolute atomic E-state index is 0.0561. The zero-order chi connectivity index (χ0) is 14.2. The molecule has 0 radical (unpaired) electrons. The quantitative estimate of drug-likeness (QED) is 0.849. The van der Waals surface area contributed by atoms with Crippen LogP contribution in [0.3, 0.4) is 0 Å². The summed E-state index contributed by atoms with van der Waals surface area (Å²) in [6, 6.07) is 8.07. The number of benzene rings is 1. The molecule has 1 aliphatic heterocycles. The predicted octanol–water partition coefficient (Wildman–Crippen LogP) is 2.52. The Morgan fingerprint density at radius 3 is 2.70 bits per heavy atom. The lowest BCUT2D eigenvalue weighted by molar-refractivity contribution is 0.202. The van der Waals surface area contributed by atoms with Gasteiger partial charge in [0.2, 0.25) is 0 Å². The molecule has 1 aliphatic rings. The van der Waals surface area contributed by atoms with E-state index in [1.165, 1.54) is 5.56 Å². The molecule has 0 spiro atoms. The maximum Gasteiger partial charge on any atom is 0.317 e. The molecule has 4 nitrogen and oxygen atoms in total. The number of hydrogen-bond acceptors (Lipinski definition) is 3. The normalized spacial score (nSPS) is 14.9. The van der Waals surface area contributed by atoms with Crippen LogP contribution in [0.15, 0.2) is 24.3 Å². The van der Waals surface area contributed by atoms with E-state index in [9.17, 15) is 4.79 Å². The van der Waals surface area contributed by atoms with Gasteiger partial charge < -0.3 is 15.0 Å². The summed E-state index contributed by atoms with van der Waals surface area (Å²) >= 11 is 1.90. The highest BCUT2D eigenvalue weighted by atomic mass is 32.2. The highest BCUT2D eigenvalue weighted by Gasteiger charge is 2.15. The summed E-state index contributed by atoms with van der Waals surface area (Å²) in [5.74, 6) is 2.98. The van der Waals surface area contributed by atoms with E-state index >= 15 is 0 Å². The van der Waals surface area contributed by atoms with Gasteiger partial charge in [-0.1, -0.05) is 17.7 Å². The molecule has 1 aromatic carbocycles. The lowest BCUT2D eigenvalue weighted by Crippen LogP contribution is -2.44. The number of urea groups is 1. The summed E-state index contributed by atoms with van der Waals surface area (Å²) in [7, 11) is 0. The van der Waals surface area contributed by atoms with Crippen LogP contribution in [0.5, 0.6) is 5.75 Å². The van der Waals surface area contributed by atoms with Crippen LogP contribution in [0.25, 0.3) is 0 Å². The average molecular weight is 294 g/mol. The van der Waals surface area contributed by atoms with Gasteiger partial charge in [-0.05, 0) is 25.5 Å². The topological polar surface area (TPSA) is 41.6 Å². The van der Waals surface area contributed by atoms with Gasteiger partial charge in [0, 0.05) is 31.1 Å². The molecule has 0 atom stereocenters. The number of carbonyl (C=O) groups excluding carboxylic acids is 1. The fourth-order valence-electron chi connectivity index (χ4n) is 1.97. The van der Waals surface area contributed by atoms with Gasteiger partial charge in [0.05, 0.1) is 6.61 Å². The van der Waals surface area contributed by atoms with Crippen molar-refractivity contribution in [2.24, 2.45) is 0 Å². The standard InChI is InChI=1S/C15H22N2O2S/c1-13-3-5-14(6-4-13)19-10-2-7-16-15(18)17-8-11-20-12-9-17/h3-6H,2,7-12H2,1H3,(H,16,18). The Morgan fingerprint density at radius 2 is 2.00 bits per heavy atom. The van der Waals surface area contributed by atoms with E-state index in [1.807, 2.05) is 40.9 Å². The maximum absolute atomic E-state index is 11.8. The van der Waals surface area contributed by atoms with Crippen LogP contribution in [0, 0.1) is 6.92 Å². The van der Waals surface area contributed by atoms with Crippen molar-refractivity contribution < 1.29 is 9.53 Å². The number of nitrogens with zero attached hydrogens (tertiary/aromatic N) is 1. The zero-order valence-electron chi connectivity index (χ0n) is 11.9. The van der Waals surface area contributed by atoms with Gasteiger partial charge in [-0.2, -0.15) is 11.8 Å². The van der Waals surface area contributed by atoms with Gasteiger partial charge in [0.25, 0.3) is 0 Å². The molecule has 0 aromatic heterocycles. The third-order valence-corrected chi connectivity index (χ3v) is 4.13. The summed E-state index contributed by atoms with van der Waals surface area (Å²) in [6.07, 6.45) is 0.822. The monoisotopic (exact) mass is 294 g/mol. The number of rotatable bonds is 5. The highest BCUT2D eigenvalue weighted by molar-refractivity contribution is 7.99. The Labute approximate surface area is 124 Å². The molecule has 0 saturated carbocycles. The second kappa shape index (κ2) is 8.04. The molecule has 2 amide bonds. The number of nitrogens with one attached hydrogen (secondary N) is 1. The van der Waals surface area contributed by atoms with E-state index in [0.717, 1.165) is 36.8 Å². The fourth-order valence-corrected chi connectivity index (χ4v) is 2.87. The SMILES string of the molecule is Cc1ccc(OCCCNC(=O)N2CCSCC2)cc1. The first-order valence-corrected chi connectivity index (χ1v) is 8.21. The molecule has 0 unspecified atom stereocenters. The second-order valence-corrected chi connectivity index (χ2v) is 6.07. The van der Waals surface area contributed by atoms with Gasteiger partial charge >= 0.3 is 6.03 Å². The maximum atomic E-state index is 11.8. The first kappa shape index (κ1) is 15.0. The number of amides is 2. The summed E-state index contributed by atoms with van der Waals surface area (Å²) in [5, 5.41) is 2.95. The summed E-state index contributed by atoms with van der Waals surface area (Å²) in [4.78, 5) is 13.7. The van der Waals surface area contributed by atoms with Crippen LogP contribution in [0.1, 0.15) is 12.0 Å². The first-order valence-electron chi connectivity index (χ1n) is 7.06. The zero-order valence-corrected chi connectivity index (χ0v) is 12.7. The Bertz CT molecular complexity index is 416. The molecule has 110 valence electrons. The lowest BCUT2D eigenvalue weighted by atomic mass is 10.2. The third-order valence-electron chi connectivity index (χ3n) is 3.19. The number of hydrogen-bond donors (Lipinski definition) is 1. The van der Waals surface area contributed by atoms with Crippen LogP contribution >= 0.6 is 11.8 Å². The summed E-state index contributed by atoms with van der Waals surface area (Å²) < 4.78 is 5.62. The van der Waals surface area contributed by atoms with Crippen LogP contribution in [-0.4, -0.2) is 48.7 Å². The van der Waals surface area contributed by atoms with Gasteiger partial charge in [0.15, 0.2) is 0 Å².